The zero-order valence-electron chi connectivity index (χ0n) is 8.91. The molecule has 0 spiro atoms. The third-order valence-electron chi connectivity index (χ3n) is 1.68. The first kappa shape index (κ1) is 13.5. The van der Waals surface area contributed by atoms with Gasteiger partial charge in [0.15, 0.2) is 14.9 Å². The van der Waals surface area contributed by atoms with E-state index in [-0.39, 0.29) is 11.3 Å². The second-order valence-corrected chi connectivity index (χ2v) is 7.65. The van der Waals surface area contributed by atoms with Crippen molar-refractivity contribution in [2.45, 2.75) is 0 Å². The molecule has 0 saturated heterocycles. The first-order chi connectivity index (χ1) is 7.73. The molecule has 0 amide bonds. The minimum Gasteiger partial charge on any atom is -0.281 e. The van der Waals surface area contributed by atoms with Gasteiger partial charge in [0.1, 0.15) is 6.07 Å². The van der Waals surface area contributed by atoms with Gasteiger partial charge in [0.2, 0.25) is 10.0 Å². The van der Waals surface area contributed by atoms with E-state index in [2.05, 4.69) is 4.72 Å². The van der Waals surface area contributed by atoms with Crippen molar-refractivity contribution in [2.24, 2.45) is 0 Å². The number of nitrogens with one attached hydrogen (secondary N) is 1. The molecule has 1 aromatic rings. The molecule has 0 aliphatic heterocycles. The second-order valence-electron chi connectivity index (χ2n) is 3.42. The van der Waals surface area contributed by atoms with Gasteiger partial charge in [-0.15, -0.1) is 0 Å². The van der Waals surface area contributed by atoms with Crippen LogP contribution in [0.15, 0.2) is 24.3 Å². The maximum atomic E-state index is 11.5. The van der Waals surface area contributed by atoms with Gasteiger partial charge >= 0.3 is 0 Å². The van der Waals surface area contributed by atoms with Crippen LogP contribution in [0, 0.1) is 11.3 Å². The van der Waals surface area contributed by atoms with Crippen molar-refractivity contribution in [3.8, 4) is 6.07 Å². The van der Waals surface area contributed by atoms with E-state index in [1.54, 1.807) is 18.2 Å². The maximum Gasteiger partial charge on any atom is 0.247 e. The van der Waals surface area contributed by atoms with Crippen molar-refractivity contribution in [3.05, 3.63) is 29.8 Å². The number of anilines is 1. The molecule has 17 heavy (non-hydrogen) atoms. The van der Waals surface area contributed by atoms with Crippen molar-refractivity contribution >= 4 is 25.5 Å². The topological polar surface area (TPSA) is 104 Å². The lowest BCUT2D eigenvalue weighted by molar-refractivity contribution is 0.595. The van der Waals surface area contributed by atoms with Crippen LogP contribution >= 0.6 is 0 Å². The Kier molecular flexibility index (Phi) is 3.75. The summed E-state index contributed by atoms with van der Waals surface area (Å²) in [7, 11) is -7.67. The lowest BCUT2D eigenvalue weighted by atomic mass is 10.2. The number of para-hydroxylation sites is 1. The number of sulfonamides is 1. The molecule has 0 atom stereocenters. The van der Waals surface area contributed by atoms with Gasteiger partial charge < -0.3 is 0 Å². The molecular formula is C9H10N2O4S2. The predicted molar refractivity (Wildman–Crippen MR) is 63.4 cm³/mol. The van der Waals surface area contributed by atoms with Crippen LogP contribution in [0.25, 0.3) is 0 Å². The van der Waals surface area contributed by atoms with E-state index in [9.17, 15) is 16.8 Å². The van der Waals surface area contributed by atoms with E-state index in [0.717, 1.165) is 6.26 Å². The lowest BCUT2D eigenvalue weighted by Gasteiger charge is -2.07. The summed E-state index contributed by atoms with van der Waals surface area (Å²) in [6.07, 6.45) is 0.822. The number of nitriles is 1. The third-order valence-corrected chi connectivity index (χ3v) is 5.17. The summed E-state index contributed by atoms with van der Waals surface area (Å²) in [5.74, 6) is 0. The number of benzene rings is 1. The van der Waals surface area contributed by atoms with E-state index < -0.39 is 24.9 Å². The van der Waals surface area contributed by atoms with E-state index in [0.29, 0.717) is 0 Å². The van der Waals surface area contributed by atoms with Crippen molar-refractivity contribution in [1.82, 2.24) is 0 Å². The van der Waals surface area contributed by atoms with Gasteiger partial charge in [-0.05, 0) is 12.1 Å². The van der Waals surface area contributed by atoms with Crippen LogP contribution in [0.5, 0.6) is 0 Å². The van der Waals surface area contributed by atoms with Crippen LogP contribution in [0.2, 0.25) is 0 Å². The largest absolute Gasteiger partial charge is 0.281 e. The fourth-order valence-corrected chi connectivity index (χ4v) is 4.15. The van der Waals surface area contributed by atoms with Crippen LogP contribution in [-0.2, 0) is 19.9 Å². The normalized spacial score (nSPS) is 11.8. The zero-order chi connectivity index (χ0) is 13.1. The SMILES string of the molecule is CS(=O)(=O)CS(=O)(=O)Nc1ccccc1C#N. The smallest absolute Gasteiger partial charge is 0.247 e. The Morgan fingerprint density at radius 3 is 2.35 bits per heavy atom. The summed E-state index contributed by atoms with van der Waals surface area (Å²) in [6.45, 7) is 0. The molecule has 8 heteroatoms. The van der Waals surface area contributed by atoms with Crippen LogP contribution in [0.1, 0.15) is 5.56 Å². The molecule has 1 rings (SSSR count). The van der Waals surface area contributed by atoms with Crippen molar-refractivity contribution < 1.29 is 16.8 Å². The van der Waals surface area contributed by atoms with Crippen LogP contribution in [0.3, 0.4) is 0 Å². The molecule has 0 heterocycles. The Morgan fingerprint density at radius 1 is 1.24 bits per heavy atom. The minimum absolute atomic E-state index is 0.0682. The molecule has 1 N–H and O–H groups in total. The van der Waals surface area contributed by atoms with E-state index in [1.807, 2.05) is 0 Å². The summed E-state index contributed by atoms with van der Waals surface area (Å²) in [4.78, 5) is 0. The summed E-state index contributed by atoms with van der Waals surface area (Å²) < 4.78 is 46.8. The molecular weight excluding hydrogens is 264 g/mol. The Labute approximate surface area is 99.9 Å². The van der Waals surface area contributed by atoms with Crippen LogP contribution in [0.4, 0.5) is 5.69 Å². The first-order valence-electron chi connectivity index (χ1n) is 4.41. The Bertz CT molecular complexity index is 656. The van der Waals surface area contributed by atoms with Crippen LogP contribution in [-0.4, -0.2) is 28.2 Å². The molecule has 0 radical (unpaired) electrons. The first-order valence-corrected chi connectivity index (χ1v) is 8.12. The molecule has 0 aliphatic carbocycles. The summed E-state index contributed by atoms with van der Waals surface area (Å²) in [5.41, 5.74) is 0.197. The van der Waals surface area contributed by atoms with Gasteiger partial charge in [0, 0.05) is 6.26 Å². The standard InChI is InChI=1S/C9H10N2O4S2/c1-16(12,13)7-17(14,15)11-9-5-3-2-4-8(9)6-10/h2-5,11H,7H2,1H3. The van der Waals surface area contributed by atoms with E-state index in [4.69, 9.17) is 5.26 Å². The summed E-state index contributed by atoms with van der Waals surface area (Å²) in [5, 5.41) is 7.73. The van der Waals surface area contributed by atoms with E-state index >= 15 is 0 Å². The monoisotopic (exact) mass is 274 g/mol. The second kappa shape index (κ2) is 4.73. The summed E-state index contributed by atoms with van der Waals surface area (Å²) in [6, 6.07) is 7.74. The molecule has 0 saturated carbocycles. The number of sulfone groups is 1. The Balaban J connectivity index is 3.04. The quantitative estimate of drug-likeness (QED) is 0.850. The van der Waals surface area contributed by atoms with Gasteiger partial charge in [-0.2, -0.15) is 5.26 Å². The van der Waals surface area contributed by atoms with Crippen LogP contribution < -0.4 is 4.72 Å². The molecule has 6 nitrogen and oxygen atoms in total. The van der Waals surface area contributed by atoms with Crippen molar-refractivity contribution in [2.75, 3.05) is 16.1 Å². The lowest BCUT2D eigenvalue weighted by Crippen LogP contribution is -2.22. The molecule has 0 unspecified atom stereocenters. The molecule has 0 aliphatic rings. The van der Waals surface area contributed by atoms with Gasteiger partial charge in [-0.3, -0.25) is 4.72 Å². The van der Waals surface area contributed by atoms with Gasteiger partial charge in [-0.25, -0.2) is 16.8 Å². The third kappa shape index (κ3) is 4.42. The molecule has 1 aromatic carbocycles. The van der Waals surface area contributed by atoms with Gasteiger partial charge in [0.05, 0.1) is 11.3 Å². The Morgan fingerprint density at radius 2 is 1.82 bits per heavy atom. The van der Waals surface area contributed by atoms with Gasteiger partial charge in [0.25, 0.3) is 0 Å². The minimum atomic E-state index is -4.01. The Hall–Kier alpha value is -1.59. The predicted octanol–water partition coefficient (Wildman–Crippen LogP) is 0.302. The number of rotatable bonds is 4. The average Bonchev–Trinajstić information content (AvgIpc) is 2.14. The van der Waals surface area contributed by atoms with E-state index in [1.165, 1.54) is 12.1 Å². The number of hydrogen-bond acceptors (Lipinski definition) is 5. The molecule has 0 bridgehead atoms. The van der Waals surface area contributed by atoms with Crippen molar-refractivity contribution in [3.63, 3.8) is 0 Å². The summed E-state index contributed by atoms with van der Waals surface area (Å²) >= 11 is 0. The van der Waals surface area contributed by atoms with Gasteiger partial charge in [-0.1, -0.05) is 12.1 Å². The number of hydrogen-bond donors (Lipinski definition) is 1. The highest BCUT2D eigenvalue weighted by atomic mass is 32.3. The molecule has 0 aromatic heterocycles. The highest BCUT2D eigenvalue weighted by molar-refractivity contribution is 8.08. The fourth-order valence-electron chi connectivity index (χ4n) is 1.15. The highest BCUT2D eigenvalue weighted by Gasteiger charge is 2.19. The maximum absolute atomic E-state index is 11.5. The average molecular weight is 274 g/mol. The number of nitrogens with zero attached hydrogens (tertiary/aromatic N) is 1. The molecule has 0 fully saturated rings. The molecule has 92 valence electrons. The highest BCUT2D eigenvalue weighted by Crippen LogP contribution is 2.15. The zero-order valence-corrected chi connectivity index (χ0v) is 10.5. The van der Waals surface area contributed by atoms with Crippen molar-refractivity contribution in [1.29, 1.82) is 5.26 Å². The fraction of sp³-hybridized carbons (Fsp3) is 0.222.